The lowest BCUT2D eigenvalue weighted by Gasteiger charge is -2.30. The number of hydrogen-bond acceptors (Lipinski definition) is 6. The summed E-state index contributed by atoms with van der Waals surface area (Å²) < 4.78 is 14.1. The number of rotatable bonds is 11. The number of amides is 2. The number of nitrogens with zero attached hydrogens (tertiary/aromatic N) is 2. The molecule has 2 amide bonds. The second-order valence-electron chi connectivity index (χ2n) is 10.4. The molecular formula is C29H36N3O6P. The highest BCUT2D eigenvalue weighted by Crippen LogP contribution is 2.54. The molecule has 0 spiro atoms. The van der Waals surface area contributed by atoms with Crippen LogP contribution < -0.4 is 5.73 Å². The van der Waals surface area contributed by atoms with Gasteiger partial charge in [0.1, 0.15) is 12.1 Å². The SMILES string of the molecule is N[C@@H](CCC(=O)N1CCC[C@H]1C(=O)N1CCC[C@H]1C(=O)O)C(=O)P(=O)(Cc1ccccc1)Cc1ccccc1. The van der Waals surface area contributed by atoms with E-state index in [-0.39, 0.29) is 37.0 Å². The van der Waals surface area contributed by atoms with Gasteiger partial charge in [0.05, 0.1) is 6.04 Å². The third kappa shape index (κ3) is 6.84. The predicted octanol–water partition coefficient (Wildman–Crippen LogP) is 3.45. The van der Waals surface area contributed by atoms with Gasteiger partial charge >= 0.3 is 5.97 Å². The second-order valence-corrected chi connectivity index (χ2v) is 13.3. The zero-order valence-electron chi connectivity index (χ0n) is 22.0. The van der Waals surface area contributed by atoms with Gasteiger partial charge in [-0.15, -0.1) is 0 Å². The van der Waals surface area contributed by atoms with Crippen molar-refractivity contribution in [2.24, 2.45) is 5.73 Å². The van der Waals surface area contributed by atoms with Gasteiger partial charge in [0.2, 0.25) is 17.3 Å². The number of aliphatic carboxylic acids is 1. The Morgan fingerprint density at radius 1 is 0.846 bits per heavy atom. The fourth-order valence-electron chi connectivity index (χ4n) is 5.62. The molecule has 10 heteroatoms. The first kappa shape index (κ1) is 28.7. The molecular weight excluding hydrogens is 517 g/mol. The summed E-state index contributed by atoms with van der Waals surface area (Å²) in [6, 6.07) is 15.7. The van der Waals surface area contributed by atoms with Crippen LogP contribution >= 0.6 is 7.14 Å². The molecule has 0 aliphatic carbocycles. The van der Waals surface area contributed by atoms with Crippen LogP contribution in [0.25, 0.3) is 0 Å². The van der Waals surface area contributed by atoms with Crippen molar-refractivity contribution in [3.8, 4) is 0 Å². The zero-order valence-corrected chi connectivity index (χ0v) is 22.9. The summed E-state index contributed by atoms with van der Waals surface area (Å²) in [6.45, 7) is 0.760. The van der Waals surface area contributed by atoms with Crippen molar-refractivity contribution in [2.75, 3.05) is 13.1 Å². The Balaban J connectivity index is 1.41. The molecule has 2 aliphatic heterocycles. The highest BCUT2D eigenvalue weighted by Gasteiger charge is 2.42. The monoisotopic (exact) mass is 553 g/mol. The van der Waals surface area contributed by atoms with Crippen LogP contribution in [0.4, 0.5) is 0 Å². The molecule has 0 unspecified atom stereocenters. The van der Waals surface area contributed by atoms with Gasteiger partial charge in [-0.2, -0.15) is 0 Å². The van der Waals surface area contributed by atoms with Crippen LogP contribution in [0.2, 0.25) is 0 Å². The lowest BCUT2D eigenvalue weighted by Crippen LogP contribution is -2.51. The summed E-state index contributed by atoms with van der Waals surface area (Å²) in [5.74, 6) is -1.67. The normalized spacial score (nSPS) is 20.1. The number of hydrogen-bond donors (Lipinski definition) is 2. The van der Waals surface area contributed by atoms with Crippen LogP contribution in [0, 0.1) is 0 Å². The van der Waals surface area contributed by atoms with Gasteiger partial charge < -0.3 is 25.2 Å². The minimum Gasteiger partial charge on any atom is -0.480 e. The van der Waals surface area contributed by atoms with Gasteiger partial charge in [-0.1, -0.05) is 60.7 Å². The van der Waals surface area contributed by atoms with Crippen LogP contribution in [0.3, 0.4) is 0 Å². The fraction of sp³-hybridized carbons (Fsp3) is 0.448. The highest BCUT2D eigenvalue weighted by molar-refractivity contribution is 7.79. The Labute approximate surface area is 228 Å². The van der Waals surface area contributed by atoms with E-state index >= 15 is 0 Å². The van der Waals surface area contributed by atoms with E-state index in [0.717, 1.165) is 11.1 Å². The molecule has 2 heterocycles. The average Bonchev–Trinajstić information content (AvgIpc) is 3.62. The quantitative estimate of drug-likeness (QED) is 0.407. The Bertz CT molecular complexity index is 1190. The molecule has 208 valence electrons. The van der Waals surface area contributed by atoms with E-state index in [1.165, 1.54) is 9.80 Å². The van der Waals surface area contributed by atoms with E-state index in [1.807, 2.05) is 60.7 Å². The summed E-state index contributed by atoms with van der Waals surface area (Å²) in [6.07, 6.45) is 2.28. The summed E-state index contributed by atoms with van der Waals surface area (Å²) in [5.41, 5.74) is 7.31. The van der Waals surface area contributed by atoms with Gasteiger partial charge in [0.25, 0.3) is 0 Å². The molecule has 2 aliphatic rings. The van der Waals surface area contributed by atoms with Gasteiger partial charge in [-0.25, -0.2) is 4.79 Å². The number of carboxylic acids is 1. The summed E-state index contributed by atoms with van der Waals surface area (Å²) in [4.78, 5) is 54.3. The van der Waals surface area contributed by atoms with Gasteiger partial charge in [-0.05, 0) is 43.2 Å². The molecule has 4 rings (SSSR count). The summed E-state index contributed by atoms with van der Waals surface area (Å²) >= 11 is 0. The summed E-state index contributed by atoms with van der Waals surface area (Å²) in [5, 5.41) is 9.46. The maximum absolute atomic E-state index is 14.1. The van der Waals surface area contributed by atoms with E-state index in [4.69, 9.17) is 5.73 Å². The van der Waals surface area contributed by atoms with Crippen molar-refractivity contribution in [1.29, 1.82) is 0 Å². The number of benzene rings is 2. The first-order valence-electron chi connectivity index (χ1n) is 13.5. The van der Waals surface area contributed by atoms with Crippen LogP contribution in [-0.2, 0) is 36.1 Å². The summed E-state index contributed by atoms with van der Waals surface area (Å²) in [7, 11) is -3.46. The molecule has 2 aromatic rings. The molecule has 0 saturated carbocycles. The maximum Gasteiger partial charge on any atom is 0.326 e. The van der Waals surface area contributed by atoms with Crippen molar-refractivity contribution in [1.82, 2.24) is 9.80 Å². The van der Waals surface area contributed by atoms with E-state index < -0.39 is 36.8 Å². The lowest BCUT2D eigenvalue weighted by molar-refractivity contribution is -0.151. The van der Waals surface area contributed by atoms with Crippen LogP contribution in [0.15, 0.2) is 60.7 Å². The van der Waals surface area contributed by atoms with Crippen molar-refractivity contribution in [3.63, 3.8) is 0 Å². The molecule has 0 bridgehead atoms. The van der Waals surface area contributed by atoms with Crippen LogP contribution in [-0.4, -0.2) is 69.4 Å². The zero-order chi connectivity index (χ0) is 28.0. The molecule has 2 aromatic carbocycles. The molecule has 3 N–H and O–H groups in total. The minimum absolute atomic E-state index is 0.0180. The third-order valence-corrected chi connectivity index (χ3v) is 10.5. The Kier molecular flexibility index (Phi) is 9.36. The van der Waals surface area contributed by atoms with Crippen LogP contribution in [0.5, 0.6) is 0 Å². The van der Waals surface area contributed by atoms with E-state index in [9.17, 15) is 28.8 Å². The van der Waals surface area contributed by atoms with Crippen molar-refractivity contribution in [3.05, 3.63) is 71.8 Å². The van der Waals surface area contributed by atoms with Crippen molar-refractivity contribution < 1.29 is 28.8 Å². The third-order valence-electron chi connectivity index (χ3n) is 7.63. The highest BCUT2D eigenvalue weighted by atomic mass is 31.2. The Hall–Kier alpha value is -3.29. The van der Waals surface area contributed by atoms with E-state index in [1.54, 1.807) is 0 Å². The topological polar surface area (TPSA) is 138 Å². The maximum atomic E-state index is 14.1. The smallest absolute Gasteiger partial charge is 0.326 e. The largest absolute Gasteiger partial charge is 0.480 e. The molecule has 0 radical (unpaired) electrons. The van der Waals surface area contributed by atoms with E-state index in [2.05, 4.69) is 0 Å². The lowest BCUT2D eigenvalue weighted by atomic mass is 10.1. The van der Waals surface area contributed by atoms with Crippen molar-refractivity contribution in [2.45, 2.75) is 69.0 Å². The number of carbonyl (C=O) groups excluding carboxylic acids is 3. The fourth-order valence-corrected chi connectivity index (χ4v) is 8.38. The number of carbonyl (C=O) groups is 4. The van der Waals surface area contributed by atoms with Crippen LogP contribution in [0.1, 0.15) is 49.7 Å². The minimum atomic E-state index is -3.46. The van der Waals surface area contributed by atoms with Gasteiger partial charge in [-0.3, -0.25) is 14.4 Å². The predicted molar refractivity (Wildman–Crippen MR) is 147 cm³/mol. The molecule has 3 atom stereocenters. The first-order valence-corrected chi connectivity index (χ1v) is 15.6. The van der Waals surface area contributed by atoms with Gasteiger partial charge in [0.15, 0.2) is 7.14 Å². The molecule has 2 saturated heterocycles. The molecule has 0 aromatic heterocycles. The van der Waals surface area contributed by atoms with Crippen molar-refractivity contribution >= 4 is 30.4 Å². The average molecular weight is 554 g/mol. The molecule has 39 heavy (non-hydrogen) atoms. The number of likely N-dealkylation sites (tertiary alicyclic amines) is 2. The van der Waals surface area contributed by atoms with Gasteiger partial charge in [0, 0.05) is 31.8 Å². The van der Waals surface area contributed by atoms with E-state index in [0.29, 0.717) is 38.8 Å². The first-order chi connectivity index (χ1) is 18.7. The Morgan fingerprint density at radius 3 is 1.90 bits per heavy atom. The second kappa shape index (κ2) is 12.7. The standard InChI is InChI=1S/C29H36N3O6P/c30-23(29(37)39(38,19-21-9-3-1-4-10-21)20-22-11-5-2-6-12-22)15-16-26(33)31-17-7-13-24(31)27(34)32-18-8-14-25(32)28(35)36/h1-6,9-12,23-25H,7-8,13-20,30H2,(H,35,36)/t23-,24-,25-/m0/s1. The molecule has 9 nitrogen and oxygen atoms in total. The molecule has 2 fully saturated rings. The number of carboxylic acid groups (broad SMARTS) is 1. The Morgan fingerprint density at radius 2 is 1.36 bits per heavy atom. The number of nitrogens with two attached hydrogens (primary N) is 1.